The number of benzene rings is 2. The first-order valence-corrected chi connectivity index (χ1v) is 12.3. The highest BCUT2D eigenvalue weighted by atomic mass is 79.9. The number of rotatable bonds is 5. The largest absolute Gasteiger partial charge is 0.482 e. The van der Waals surface area contributed by atoms with Crippen molar-refractivity contribution in [3.05, 3.63) is 54.1 Å². The first-order valence-electron chi connectivity index (χ1n) is 10.5. The van der Waals surface area contributed by atoms with E-state index in [2.05, 4.69) is 31.9 Å². The molecule has 6 nitrogen and oxygen atoms in total. The summed E-state index contributed by atoms with van der Waals surface area (Å²) in [5, 5.41) is 0. The number of amides is 2. The average molecular weight is 563 g/mol. The Balaban J connectivity index is 1.29. The lowest BCUT2D eigenvalue weighted by Crippen LogP contribution is -2.37. The quantitative estimate of drug-likeness (QED) is 0.236. The van der Waals surface area contributed by atoms with Crippen molar-refractivity contribution in [3.63, 3.8) is 0 Å². The van der Waals surface area contributed by atoms with Crippen molar-refractivity contribution in [1.82, 2.24) is 0 Å². The van der Waals surface area contributed by atoms with Gasteiger partial charge in [0.1, 0.15) is 11.5 Å². The molecule has 2 aliphatic carbocycles. The number of para-hydroxylation sites is 1. The van der Waals surface area contributed by atoms with Gasteiger partial charge >= 0.3 is 5.97 Å². The van der Waals surface area contributed by atoms with Crippen molar-refractivity contribution >= 4 is 55.3 Å². The highest BCUT2D eigenvalue weighted by molar-refractivity contribution is 9.12. The van der Waals surface area contributed by atoms with Gasteiger partial charge in [0.05, 0.1) is 17.5 Å². The van der Waals surface area contributed by atoms with Crippen molar-refractivity contribution in [3.8, 4) is 11.5 Å². The van der Waals surface area contributed by atoms with Gasteiger partial charge in [-0.05, 0) is 48.9 Å². The fourth-order valence-corrected chi connectivity index (χ4v) is 7.18. The molecular weight excluding hydrogens is 542 g/mol. The molecule has 2 bridgehead atoms. The van der Waals surface area contributed by atoms with E-state index in [9.17, 15) is 14.4 Å². The van der Waals surface area contributed by atoms with E-state index in [0.29, 0.717) is 11.4 Å². The van der Waals surface area contributed by atoms with E-state index in [1.807, 2.05) is 25.1 Å². The van der Waals surface area contributed by atoms with E-state index < -0.39 is 5.97 Å². The van der Waals surface area contributed by atoms with Crippen molar-refractivity contribution in [2.75, 3.05) is 11.5 Å². The van der Waals surface area contributed by atoms with Crippen LogP contribution < -0.4 is 14.4 Å². The minimum absolute atomic E-state index is 0.149. The number of fused-ring (bicyclic) bond motifs is 5. The summed E-state index contributed by atoms with van der Waals surface area (Å²) >= 11 is 7.39. The Morgan fingerprint density at radius 2 is 1.66 bits per heavy atom. The molecule has 6 atom stereocenters. The molecule has 0 aromatic heterocycles. The molecule has 5 rings (SSSR count). The number of esters is 1. The minimum atomic E-state index is -0.566. The van der Waals surface area contributed by atoms with E-state index in [1.54, 1.807) is 30.3 Å². The normalized spacial score (nSPS) is 30.5. The van der Waals surface area contributed by atoms with E-state index in [-0.39, 0.29) is 57.5 Å². The molecule has 2 saturated carbocycles. The van der Waals surface area contributed by atoms with Crippen molar-refractivity contribution in [2.45, 2.75) is 23.0 Å². The van der Waals surface area contributed by atoms with Gasteiger partial charge in [0, 0.05) is 15.7 Å². The molecule has 1 aliphatic heterocycles. The van der Waals surface area contributed by atoms with Crippen LogP contribution in [0.4, 0.5) is 5.69 Å². The van der Waals surface area contributed by atoms with Gasteiger partial charge in [0.25, 0.3) is 0 Å². The zero-order valence-corrected chi connectivity index (χ0v) is 20.4. The number of carbonyl (C=O) groups is 3. The second-order valence-electron chi connectivity index (χ2n) is 8.54. The summed E-state index contributed by atoms with van der Waals surface area (Å²) < 4.78 is 10.9. The zero-order chi connectivity index (χ0) is 22.6. The van der Waals surface area contributed by atoms with Crippen LogP contribution in [0, 0.1) is 30.6 Å². The first-order chi connectivity index (χ1) is 15.4. The third-order valence-electron chi connectivity index (χ3n) is 6.73. The van der Waals surface area contributed by atoms with Gasteiger partial charge in [0.2, 0.25) is 11.8 Å². The maximum atomic E-state index is 13.2. The Labute approximate surface area is 202 Å². The van der Waals surface area contributed by atoms with Crippen molar-refractivity contribution < 1.29 is 23.9 Å². The van der Waals surface area contributed by atoms with Gasteiger partial charge in [-0.15, -0.1) is 0 Å². The van der Waals surface area contributed by atoms with Crippen LogP contribution in [0.25, 0.3) is 0 Å². The van der Waals surface area contributed by atoms with Crippen molar-refractivity contribution in [1.29, 1.82) is 0 Å². The van der Waals surface area contributed by atoms with Gasteiger partial charge in [0.15, 0.2) is 6.61 Å². The lowest BCUT2D eigenvalue weighted by molar-refractivity contribution is -0.136. The minimum Gasteiger partial charge on any atom is -0.482 e. The molecule has 2 aromatic rings. The predicted molar refractivity (Wildman–Crippen MR) is 125 cm³/mol. The molecule has 2 aromatic carbocycles. The maximum Gasteiger partial charge on any atom is 0.349 e. The number of alkyl halides is 2. The molecule has 3 fully saturated rings. The Bertz CT molecular complexity index is 1070. The molecule has 3 aliphatic rings. The topological polar surface area (TPSA) is 72.9 Å². The predicted octanol–water partition coefficient (Wildman–Crippen LogP) is 4.26. The molecule has 0 N–H and O–H groups in total. The summed E-state index contributed by atoms with van der Waals surface area (Å²) in [6, 6.07) is 13.9. The summed E-state index contributed by atoms with van der Waals surface area (Å²) in [5.74, 6) is -0.306. The number of nitrogens with zero attached hydrogens (tertiary/aromatic N) is 1. The molecule has 1 saturated heterocycles. The van der Waals surface area contributed by atoms with E-state index in [1.165, 1.54) is 4.90 Å². The average Bonchev–Trinajstić information content (AvgIpc) is 3.38. The molecule has 166 valence electrons. The summed E-state index contributed by atoms with van der Waals surface area (Å²) in [4.78, 5) is 40.3. The number of carbonyl (C=O) groups excluding carboxylic acids is 3. The molecule has 2 amide bonds. The van der Waals surface area contributed by atoms with Crippen LogP contribution in [0.15, 0.2) is 48.5 Å². The SMILES string of the molecule is Cc1ccccc1OCC(=O)Oc1cccc(N2C(=O)[C@@H]3[C@H]4C[C@@H]([C@H](Br)[C@@H]4Br)[C@@H]3C2=O)c1. The van der Waals surface area contributed by atoms with Crippen LogP contribution in [0.3, 0.4) is 0 Å². The number of imide groups is 1. The Kier molecular flexibility index (Phi) is 5.61. The second kappa shape index (κ2) is 8.30. The van der Waals surface area contributed by atoms with Crippen LogP contribution >= 0.6 is 31.9 Å². The first kappa shape index (κ1) is 21.6. The lowest BCUT2D eigenvalue weighted by atomic mass is 9.81. The van der Waals surface area contributed by atoms with Gasteiger partial charge in [-0.3, -0.25) is 9.59 Å². The van der Waals surface area contributed by atoms with Crippen LogP contribution in [0.5, 0.6) is 11.5 Å². The molecule has 32 heavy (non-hydrogen) atoms. The van der Waals surface area contributed by atoms with Crippen LogP contribution in [0.2, 0.25) is 0 Å². The van der Waals surface area contributed by atoms with E-state index in [4.69, 9.17) is 9.47 Å². The number of hydrogen-bond donors (Lipinski definition) is 0. The molecule has 1 heterocycles. The van der Waals surface area contributed by atoms with Gasteiger partial charge < -0.3 is 9.47 Å². The van der Waals surface area contributed by atoms with E-state index >= 15 is 0 Å². The van der Waals surface area contributed by atoms with E-state index in [0.717, 1.165) is 12.0 Å². The Morgan fingerprint density at radius 1 is 1.00 bits per heavy atom. The van der Waals surface area contributed by atoms with Crippen molar-refractivity contribution in [2.24, 2.45) is 23.7 Å². The number of aryl methyl sites for hydroxylation is 1. The standard InChI is InChI=1S/C24H21Br2NO5/c1-12-5-2-3-8-17(12)31-11-18(28)32-14-7-4-6-13(9-14)27-23(29)19-15-10-16(20(19)24(27)30)22(26)21(15)25/h2-9,15-16,19-22H,10-11H2,1H3/t15-,16-,19-,20+,21-,22+/m1/s1. The zero-order valence-electron chi connectivity index (χ0n) is 17.2. The van der Waals surface area contributed by atoms with Gasteiger partial charge in [-0.2, -0.15) is 0 Å². The van der Waals surface area contributed by atoms with Crippen LogP contribution in [-0.4, -0.2) is 34.0 Å². The maximum absolute atomic E-state index is 13.2. The summed E-state index contributed by atoms with van der Waals surface area (Å²) in [6.45, 7) is 1.65. The molecule has 0 unspecified atom stereocenters. The lowest BCUT2D eigenvalue weighted by Gasteiger charge is -2.28. The fourth-order valence-electron chi connectivity index (χ4n) is 5.31. The van der Waals surface area contributed by atoms with Crippen LogP contribution in [-0.2, 0) is 14.4 Å². The molecule has 0 spiro atoms. The monoisotopic (exact) mass is 561 g/mol. The number of ether oxygens (including phenoxy) is 2. The Hall–Kier alpha value is -2.19. The number of halogens is 2. The van der Waals surface area contributed by atoms with Gasteiger partial charge in [-0.25, -0.2) is 9.69 Å². The molecular formula is C24H21Br2NO5. The summed E-state index contributed by atoms with van der Waals surface area (Å²) in [5.41, 5.74) is 1.35. The fraction of sp³-hybridized carbons (Fsp3) is 0.375. The highest BCUT2D eigenvalue weighted by Crippen LogP contribution is 2.60. The smallest absolute Gasteiger partial charge is 0.349 e. The molecule has 0 radical (unpaired) electrons. The third kappa shape index (κ3) is 3.48. The molecule has 8 heteroatoms. The third-order valence-corrected chi connectivity index (χ3v) is 9.94. The number of anilines is 1. The Morgan fingerprint density at radius 3 is 2.31 bits per heavy atom. The van der Waals surface area contributed by atoms with Crippen LogP contribution in [0.1, 0.15) is 12.0 Å². The second-order valence-corrected chi connectivity index (χ2v) is 10.7. The highest BCUT2D eigenvalue weighted by Gasteiger charge is 2.66. The summed E-state index contributed by atoms with van der Waals surface area (Å²) in [6.07, 6.45) is 0.880. The van der Waals surface area contributed by atoms with Gasteiger partial charge in [-0.1, -0.05) is 56.1 Å². The summed E-state index contributed by atoms with van der Waals surface area (Å²) in [7, 11) is 0. The number of hydrogen-bond acceptors (Lipinski definition) is 5.